The molecule has 0 unspecified atom stereocenters. The fraction of sp³-hybridized carbons (Fsp3) is 0.0500. The van der Waals surface area contributed by atoms with Gasteiger partial charge in [-0.05, 0) is 23.8 Å². The third kappa shape index (κ3) is 3.49. The molecule has 0 radical (unpaired) electrons. The SMILES string of the molecule is O=c1[nH]c(O)c(/C=c2\cnn3ccc(=Nc4cccc(Cn5ccnc5)c4)nc23)[nH]1. The number of H-pyrrole nitrogens is 2. The Morgan fingerprint density at radius 2 is 2.13 bits per heavy atom. The Kier molecular flexibility index (Phi) is 4.21. The average molecular weight is 400 g/mol. The van der Waals surface area contributed by atoms with Gasteiger partial charge in [0, 0.05) is 36.4 Å². The van der Waals surface area contributed by atoms with E-state index in [1.807, 2.05) is 35.0 Å². The highest BCUT2D eigenvalue weighted by Crippen LogP contribution is 2.14. The molecule has 0 atom stereocenters. The summed E-state index contributed by atoms with van der Waals surface area (Å²) in [5, 5.41) is 14.7. The molecule has 10 nitrogen and oxygen atoms in total. The molecule has 0 aliphatic heterocycles. The van der Waals surface area contributed by atoms with Gasteiger partial charge in [0.25, 0.3) is 0 Å². The van der Waals surface area contributed by atoms with Crippen molar-refractivity contribution in [3.63, 3.8) is 0 Å². The van der Waals surface area contributed by atoms with Crippen LogP contribution in [0.15, 0.2) is 71.2 Å². The van der Waals surface area contributed by atoms with Gasteiger partial charge in [-0.1, -0.05) is 12.1 Å². The first kappa shape index (κ1) is 17.6. The number of aromatic hydroxyl groups is 1. The molecule has 148 valence electrons. The van der Waals surface area contributed by atoms with E-state index in [2.05, 4.69) is 30.0 Å². The largest absolute Gasteiger partial charge is 0.493 e. The summed E-state index contributed by atoms with van der Waals surface area (Å²) in [5.41, 5.74) is 2.71. The van der Waals surface area contributed by atoms with Gasteiger partial charge in [0.1, 0.15) is 5.69 Å². The van der Waals surface area contributed by atoms with Gasteiger partial charge < -0.3 is 14.7 Å². The van der Waals surface area contributed by atoms with E-state index in [4.69, 9.17) is 0 Å². The molecule has 5 rings (SSSR count). The highest BCUT2D eigenvalue weighted by atomic mass is 16.3. The van der Waals surface area contributed by atoms with Crippen molar-refractivity contribution in [3.8, 4) is 5.88 Å². The predicted molar refractivity (Wildman–Crippen MR) is 108 cm³/mol. The topological polar surface area (TPSA) is 129 Å². The Morgan fingerprint density at radius 1 is 1.20 bits per heavy atom. The van der Waals surface area contributed by atoms with Crippen LogP contribution in [0, 0.1) is 0 Å². The van der Waals surface area contributed by atoms with Crippen LogP contribution in [0.1, 0.15) is 11.3 Å². The molecule has 0 fully saturated rings. The van der Waals surface area contributed by atoms with Crippen molar-refractivity contribution < 1.29 is 5.11 Å². The summed E-state index contributed by atoms with van der Waals surface area (Å²) in [5.74, 6) is -0.241. The highest BCUT2D eigenvalue weighted by molar-refractivity contribution is 5.56. The summed E-state index contributed by atoms with van der Waals surface area (Å²) < 4.78 is 3.58. The van der Waals surface area contributed by atoms with Crippen molar-refractivity contribution in [1.29, 1.82) is 0 Å². The zero-order valence-electron chi connectivity index (χ0n) is 15.6. The molecule has 4 heterocycles. The Hall–Kier alpha value is -4.47. The number of hydrogen-bond acceptors (Lipinski definition) is 6. The maximum atomic E-state index is 11.3. The molecule has 0 aliphatic rings. The van der Waals surface area contributed by atoms with Crippen LogP contribution in [0.2, 0.25) is 0 Å². The van der Waals surface area contributed by atoms with E-state index >= 15 is 0 Å². The third-order valence-corrected chi connectivity index (χ3v) is 4.50. The van der Waals surface area contributed by atoms with Crippen LogP contribution in [-0.4, -0.2) is 39.2 Å². The van der Waals surface area contributed by atoms with Gasteiger partial charge in [-0.3, -0.25) is 4.98 Å². The normalized spacial score (nSPS) is 12.8. The molecule has 10 heteroatoms. The van der Waals surface area contributed by atoms with E-state index in [-0.39, 0.29) is 11.6 Å². The minimum Gasteiger partial charge on any atom is -0.493 e. The first-order valence-electron chi connectivity index (χ1n) is 9.11. The second-order valence-electron chi connectivity index (χ2n) is 6.66. The number of aromatic nitrogens is 7. The van der Waals surface area contributed by atoms with Crippen molar-refractivity contribution in [1.82, 2.24) is 34.1 Å². The summed E-state index contributed by atoms with van der Waals surface area (Å²) in [4.78, 5) is 29.4. The molecule has 0 saturated heterocycles. The van der Waals surface area contributed by atoms with Crippen molar-refractivity contribution in [3.05, 3.63) is 93.9 Å². The quantitative estimate of drug-likeness (QED) is 0.404. The number of hydrogen-bond donors (Lipinski definition) is 3. The smallest absolute Gasteiger partial charge is 0.326 e. The van der Waals surface area contributed by atoms with Crippen LogP contribution in [0.3, 0.4) is 0 Å². The van der Waals surface area contributed by atoms with E-state index in [1.165, 1.54) is 0 Å². The molecule has 1 aromatic carbocycles. The summed E-state index contributed by atoms with van der Waals surface area (Å²) in [6.45, 7) is 0.704. The number of imidazole rings is 2. The second-order valence-corrected chi connectivity index (χ2v) is 6.66. The standard InChI is InChI=1S/C20H16N8O2/c29-19-16(24-20(30)26-19)9-14-10-22-28-6-4-17(25-18(14)28)23-15-3-1-2-13(8-15)11-27-7-5-21-12-27/h1-10,12,29H,11H2,(H2,24,26,30)/b14-9+,23-17?. The molecule has 0 bridgehead atoms. The highest BCUT2D eigenvalue weighted by Gasteiger charge is 2.05. The van der Waals surface area contributed by atoms with Crippen LogP contribution < -0.4 is 16.4 Å². The van der Waals surface area contributed by atoms with Gasteiger partial charge in [-0.2, -0.15) is 5.10 Å². The minimum absolute atomic E-state index is 0.241. The van der Waals surface area contributed by atoms with E-state index in [0.717, 1.165) is 11.3 Å². The fourth-order valence-corrected chi connectivity index (χ4v) is 3.14. The van der Waals surface area contributed by atoms with Gasteiger partial charge >= 0.3 is 5.69 Å². The number of fused-ring (bicyclic) bond motifs is 1. The van der Waals surface area contributed by atoms with Crippen molar-refractivity contribution in [2.75, 3.05) is 0 Å². The molecular formula is C20H16N8O2. The molecule has 0 aliphatic carbocycles. The Bertz CT molecular complexity index is 1510. The van der Waals surface area contributed by atoms with Gasteiger partial charge in [-0.15, -0.1) is 0 Å². The van der Waals surface area contributed by atoms with Gasteiger partial charge in [0.05, 0.1) is 18.2 Å². The van der Waals surface area contributed by atoms with Gasteiger partial charge in [0.15, 0.2) is 11.1 Å². The first-order chi connectivity index (χ1) is 14.6. The second kappa shape index (κ2) is 7.17. The molecule has 4 aromatic heterocycles. The molecule has 5 aromatic rings. The lowest BCUT2D eigenvalue weighted by molar-refractivity contribution is 0.454. The van der Waals surface area contributed by atoms with E-state index in [9.17, 15) is 9.90 Å². The van der Waals surface area contributed by atoms with E-state index in [0.29, 0.717) is 22.9 Å². The van der Waals surface area contributed by atoms with Crippen LogP contribution in [-0.2, 0) is 6.54 Å². The number of nitrogens with one attached hydrogen (secondary N) is 2. The van der Waals surface area contributed by atoms with E-state index < -0.39 is 5.69 Å². The molecular weight excluding hydrogens is 384 g/mol. The Morgan fingerprint density at radius 3 is 2.93 bits per heavy atom. The fourth-order valence-electron chi connectivity index (χ4n) is 3.14. The molecule has 30 heavy (non-hydrogen) atoms. The van der Waals surface area contributed by atoms with Crippen LogP contribution in [0.4, 0.5) is 5.69 Å². The predicted octanol–water partition coefficient (Wildman–Crippen LogP) is 0.476. The monoisotopic (exact) mass is 400 g/mol. The third-order valence-electron chi connectivity index (χ3n) is 4.50. The maximum Gasteiger partial charge on any atom is 0.326 e. The summed E-state index contributed by atoms with van der Waals surface area (Å²) in [6.07, 6.45) is 10.4. The van der Waals surface area contributed by atoms with Crippen molar-refractivity contribution >= 4 is 17.4 Å². The summed E-state index contributed by atoms with van der Waals surface area (Å²) in [6, 6.07) is 9.66. The van der Waals surface area contributed by atoms with Gasteiger partial charge in [0.2, 0.25) is 5.88 Å². The molecule has 3 N–H and O–H groups in total. The number of aromatic amines is 2. The molecule has 0 spiro atoms. The molecule has 0 amide bonds. The van der Waals surface area contributed by atoms with E-state index in [1.54, 1.807) is 41.6 Å². The lowest BCUT2D eigenvalue weighted by atomic mass is 10.2. The lowest BCUT2D eigenvalue weighted by Crippen LogP contribution is -2.13. The zero-order valence-corrected chi connectivity index (χ0v) is 15.6. The van der Waals surface area contributed by atoms with Crippen LogP contribution in [0.5, 0.6) is 5.88 Å². The Balaban J connectivity index is 1.54. The number of nitrogens with zero attached hydrogens (tertiary/aromatic N) is 6. The lowest BCUT2D eigenvalue weighted by Gasteiger charge is -2.03. The molecule has 0 saturated carbocycles. The number of rotatable bonds is 4. The number of benzene rings is 1. The van der Waals surface area contributed by atoms with Crippen molar-refractivity contribution in [2.45, 2.75) is 6.54 Å². The van der Waals surface area contributed by atoms with Crippen LogP contribution in [0.25, 0.3) is 11.7 Å². The van der Waals surface area contributed by atoms with Crippen LogP contribution >= 0.6 is 0 Å². The maximum absolute atomic E-state index is 11.3. The summed E-state index contributed by atoms with van der Waals surface area (Å²) >= 11 is 0. The van der Waals surface area contributed by atoms with Crippen molar-refractivity contribution in [2.24, 2.45) is 4.99 Å². The average Bonchev–Trinajstić information content (AvgIpc) is 3.44. The first-order valence-corrected chi connectivity index (χ1v) is 9.11. The van der Waals surface area contributed by atoms with Gasteiger partial charge in [-0.25, -0.2) is 24.3 Å². The minimum atomic E-state index is -0.491. The summed E-state index contributed by atoms with van der Waals surface area (Å²) in [7, 11) is 0. The Labute approximate surface area is 168 Å². The zero-order chi connectivity index (χ0) is 20.5.